The lowest BCUT2D eigenvalue weighted by Gasteiger charge is -2.24. The van der Waals surface area contributed by atoms with Gasteiger partial charge < -0.3 is 19.8 Å². The minimum Gasteiger partial charge on any atom is -0.495 e. The Balaban J connectivity index is 2.23. The summed E-state index contributed by atoms with van der Waals surface area (Å²) in [7, 11) is 1.56. The molecule has 1 aromatic carbocycles. The quantitative estimate of drug-likeness (QED) is 0.804. The number of rotatable bonds is 6. The molecule has 1 atom stereocenters. The van der Waals surface area contributed by atoms with E-state index >= 15 is 0 Å². The highest BCUT2D eigenvalue weighted by Gasteiger charge is 2.27. The van der Waals surface area contributed by atoms with Gasteiger partial charge in [-0.1, -0.05) is 40.7 Å². The van der Waals surface area contributed by atoms with Crippen LogP contribution in [0.4, 0.5) is 5.69 Å². The number of carbonyl (C=O) groups excluding carboxylic acids is 2. The second kappa shape index (κ2) is 8.29. The van der Waals surface area contributed by atoms with E-state index in [-0.39, 0.29) is 23.0 Å². The molecule has 27 heavy (non-hydrogen) atoms. The Hall–Kier alpha value is -2.76. The van der Waals surface area contributed by atoms with E-state index in [0.717, 1.165) is 5.56 Å². The second-order valence-electron chi connectivity index (χ2n) is 7.83. The topological polar surface area (TPSA) is 80.6 Å². The van der Waals surface area contributed by atoms with Crippen LogP contribution in [0.15, 0.2) is 41.0 Å². The van der Waals surface area contributed by atoms with E-state index < -0.39 is 11.9 Å². The second-order valence-corrected chi connectivity index (χ2v) is 7.83. The van der Waals surface area contributed by atoms with Gasteiger partial charge in [0, 0.05) is 0 Å². The molecule has 0 radical (unpaired) electrons. The number of furan rings is 1. The molecule has 0 aliphatic heterocycles. The van der Waals surface area contributed by atoms with Crippen molar-refractivity contribution in [1.29, 1.82) is 0 Å². The number of hydrogen-bond acceptors (Lipinski definition) is 4. The van der Waals surface area contributed by atoms with Crippen LogP contribution in [0.5, 0.6) is 5.75 Å². The molecular formula is C21H28N2O4. The number of hydrogen-bond donors (Lipinski definition) is 2. The molecule has 0 fully saturated rings. The van der Waals surface area contributed by atoms with Gasteiger partial charge in [-0.3, -0.25) is 9.59 Å². The molecule has 0 saturated heterocycles. The first kappa shape index (κ1) is 20.6. The predicted molar refractivity (Wildman–Crippen MR) is 105 cm³/mol. The maximum Gasteiger partial charge on any atom is 0.287 e. The van der Waals surface area contributed by atoms with Crippen LogP contribution in [0.25, 0.3) is 0 Å². The molecule has 146 valence electrons. The van der Waals surface area contributed by atoms with Crippen molar-refractivity contribution in [2.75, 3.05) is 12.4 Å². The average molecular weight is 372 g/mol. The molecule has 2 aromatic rings. The molecule has 2 N–H and O–H groups in total. The fourth-order valence-corrected chi connectivity index (χ4v) is 2.64. The maximum atomic E-state index is 12.9. The van der Waals surface area contributed by atoms with Crippen LogP contribution in [0, 0.1) is 5.92 Å². The highest BCUT2D eigenvalue weighted by molar-refractivity contribution is 6.01. The van der Waals surface area contributed by atoms with Crippen LogP contribution in [0.2, 0.25) is 0 Å². The SMILES string of the molecule is COc1ccc(C(C)(C)C)cc1NC(=O)[C@H](NC(=O)c1ccco1)C(C)C. The molecule has 0 aliphatic carbocycles. The zero-order valence-electron chi connectivity index (χ0n) is 16.8. The van der Waals surface area contributed by atoms with Gasteiger partial charge in [0.15, 0.2) is 5.76 Å². The number of ether oxygens (including phenoxy) is 1. The van der Waals surface area contributed by atoms with Gasteiger partial charge >= 0.3 is 0 Å². The molecule has 1 aromatic heterocycles. The summed E-state index contributed by atoms with van der Waals surface area (Å²) in [6, 6.07) is 8.19. The fraction of sp³-hybridized carbons (Fsp3) is 0.429. The zero-order valence-corrected chi connectivity index (χ0v) is 16.8. The van der Waals surface area contributed by atoms with E-state index in [0.29, 0.717) is 11.4 Å². The normalized spacial score (nSPS) is 12.6. The third-order valence-electron chi connectivity index (χ3n) is 4.30. The number of methoxy groups -OCH3 is 1. The molecule has 2 amide bonds. The summed E-state index contributed by atoms with van der Waals surface area (Å²) in [6.07, 6.45) is 1.42. The van der Waals surface area contributed by atoms with Crippen molar-refractivity contribution in [2.45, 2.75) is 46.1 Å². The largest absolute Gasteiger partial charge is 0.495 e. The summed E-state index contributed by atoms with van der Waals surface area (Å²) in [5.74, 6) is -0.115. The maximum absolute atomic E-state index is 12.9. The first-order valence-corrected chi connectivity index (χ1v) is 8.97. The first-order chi connectivity index (χ1) is 12.6. The van der Waals surface area contributed by atoms with Crippen molar-refractivity contribution in [3.8, 4) is 5.75 Å². The van der Waals surface area contributed by atoms with Crippen molar-refractivity contribution in [3.63, 3.8) is 0 Å². The lowest BCUT2D eigenvalue weighted by atomic mass is 9.86. The highest BCUT2D eigenvalue weighted by Crippen LogP contribution is 2.31. The Morgan fingerprint density at radius 2 is 1.85 bits per heavy atom. The van der Waals surface area contributed by atoms with Crippen LogP contribution in [-0.4, -0.2) is 25.0 Å². The van der Waals surface area contributed by atoms with E-state index in [1.807, 2.05) is 32.0 Å². The lowest BCUT2D eigenvalue weighted by molar-refractivity contribution is -0.118. The zero-order chi connectivity index (χ0) is 20.2. The van der Waals surface area contributed by atoms with E-state index in [2.05, 4.69) is 31.4 Å². The molecule has 2 rings (SSSR count). The van der Waals surface area contributed by atoms with Crippen LogP contribution < -0.4 is 15.4 Å². The average Bonchev–Trinajstić information content (AvgIpc) is 3.12. The van der Waals surface area contributed by atoms with E-state index in [4.69, 9.17) is 9.15 Å². The standard InChI is InChI=1S/C21H28N2O4/c1-13(2)18(23-19(24)17-8-7-11-27-17)20(25)22-15-12-14(21(3,4)5)9-10-16(15)26-6/h7-13,18H,1-6H3,(H,22,25)(H,23,24)/t18-/m1/s1. The van der Waals surface area contributed by atoms with Gasteiger partial charge in [0.1, 0.15) is 11.8 Å². The van der Waals surface area contributed by atoms with Crippen molar-refractivity contribution in [3.05, 3.63) is 47.9 Å². The smallest absolute Gasteiger partial charge is 0.287 e. The Kier molecular flexibility index (Phi) is 6.31. The molecule has 0 unspecified atom stereocenters. The van der Waals surface area contributed by atoms with Gasteiger partial charge in [-0.25, -0.2) is 0 Å². The van der Waals surface area contributed by atoms with Crippen molar-refractivity contribution in [2.24, 2.45) is 5.92 Å². The molecule has 6 nitrogen and oxygen atoms in total. The summed E-state index contributed by atoms with van der Waals surface area (Å²) in [5.41, 5.74) is 1.57. The Bertz CT molecular complexity index is 789. The number of carbonyl (C=O) groups is 2. The number of anilines is 1. The summed E-state index contributed by atoms with van der Waals surface area (Å²) in [4.78, 5) is 25.2. The highest BCUT2D eigenvalue weighted by atomic mass is 16.5. The van der Waals surface area contributed by atoms with Crippen LogP contribution in [0.1, 0.15) is 50.7 Å². The van der Waals surface area contributed by atoms with Crippen LogP contribution >= 0.6 is 0 Å². The fourth-order valence-electron chi connectivity index (χ4n) is 2.64. The van der Waals surface area contributed by atoms with E-state index in [1.165, 1.54) is 6.26 Å². The summed E-state index contributed by atoms with van der Waals surface area (Å²) >= 11 is 0. The van der Waals surface area contributed by atoms with Crippen LogP contribution in [-0.2, 0) is 10.2 Å². The summed E-state index contributed by atoms with van der Waals surface area (Å²) in [6.45, 7) is 10.0. The van der Waals surface area contributed by atoms with Gasteiger partial charge in [0.2, 0.25) is 5.91 Å². The molecule has 1 heterocycles. The number of nitrogens with one attached hydrogen (secondary N) is 2. The van der Waals surface area contributed by atoms with Crippen molar-refractivity contribution >= 4 is 17.5 Å². The monoisotopic (exact) mass is 372 g/mol. The summed E-state index contributed by atoms with van der Waals surface area (Å²) in [5, 5.41) is 5.63. The molecule has 0 saturated carbocycles. The lowest BCUT2D eigenvalue weighted by Crippen LogP contribution is -2.47. The van der Waals surface area contributed by atoms with Gasteiger partial charge in [-0.05, 0) is 41.2 Å². The third-order valence-corrected chi connectivity index (χ3v) is 4.30. The molecule has 0 aliphatic rings. The number of amides is 2. The van der Waals surface area contributed by atoms with Gasteiger partial charge in [0.05, 0.1) is 19.1 Å². The van der Waals surface area contributed by atoms with Gasteiger partial charge in [-0.15, -0.1) is 0 Å². The van der Waals surface area contributed by atoms with E-state index in [1.54, 1.807) is 19.2 Å². The molecule has 0 bridgehead atoms. The van der Waals surface area contributed by atoms with Crippen molar-refractivity contribution < 1.29 is 18.7 Å². The predicted octanol–water partition coefficient (Wildman–Crippen LogP) is 3.98. The Morgan fingerprint density at radius 1 is 1.15 bits per heavy atom. The van der Waals surface area contributed by atoms with Crippen molar-refractivity contribution in [1.82, 2.24) is 5.32 Å². The molecule has 6 heteroatoms. The Labute approximate surface area is 160 Å². The van der Waals surface area contributed by atoms with Gasteiger partial charge in [0.25, 0.3) is 5.91 Å². The Morgan fingerprint density at radius 3 is 2.37 bits per heavy atom. The third kappa shape index (κ3) is 5.12. The molecule has 0 spiro atoms. The van der Waals surface area contributed by atoms with Crippen LogP contribution in [0.3, 0.4) is 0 Å². The minimum absolute atomic E-state index is 0.0727. The number of benzene rings is 1. The molecular weight excluding hydrogens is 344 g/mol. The minimum atomic E-state index is -0.717. The van der Waals surface area contributed by atoms with E-state index in [9.17, 15) is 9.59 Å². The van der Waals surface area contributed by atoms with Gasteiger partial charge in [-0.2, -0.15) is 0 Å². The first-order valence-electron chi connectivity index (χ1n) is 8.97. The summed E-state index contributed by atoms with van der Waals surface area (Å²) < 4.78 is 10.5.